The maximum Gasteiger partial charge on any atom is 0.335 e. The van der Waals surface area contributed by atoms with Crippen LogP contribution in [0, 0.1) is 0 Å². The first-order valence-electron chi connectivity index (χ1n) is 4.92. The molecule has 0 saturated heterocycles. The third kappa shape index (κ3) is 1.93. The Morgan fingerprint density at radius 3 is 2.44 bits per heavy atom. The number of Topliss-reactive ketones (excluding diaryl/α,β-unsaturated/α-hetero) is 1. The second-order valence-corrected chi connectivity index (χ2v) is 3.52. The highest BCUT2D eigenvalue weighted by atomic mass is 16.4. The van der Waals surface area contributed by atoms with Crippen molar-refractivity contribution in [2.45, 2.75) is 6.42 Å². The van der Waals surface area contributed by atoms with Gasteiger partial charge in [0.1, 0.15) is 0 Å². The molecule has 1 aromatic rings. The summed E-state index contributed by atoms with van der Waals surface area (Å²) in [5.41, 5.74) is 1.63. The van der Waals surface area contributed by atoms with Crippen LogP contribution < -0.4 is 0 Å². The number of hydrogen-bond donors (Lipinski definition) is 1. The van der Waals surface area contributed by atoms with Gasteiger partial charge in [-0.3, -0.25) is 4.79 Å². The molecule has 0 fully saturated rings. The zero-order valence-electron chi connectivity index (χ0n) is 8.51. The molecular weight excluding hydrogens is 204 g/mol. The summed E-state index contributed by atoms with van der Waals surface area (Å²) in [6, 6.07) is 6.33. The Kier molecular flexibility index (Phi) is 2.68. The van der Waals surface area contributed by atoms with Crippen molar-refractivity contribution in [3.05, 3.63) is 53.6 Å². The van der Waals surface area contributed by atoms with E-state index >= 15 is 0 Å². The Bertz CT molecular complexity index is 492. The van der Waals surface area contributed by atoms with Crippen LogP contribution in [0.25, 0.3) is 5.57 Å². The molecule has 0 atom stereocenters. The Balaban J connectivity index is 2.35. The fourth-order valence-corrected chi connectivity index (χ4v) is 1.59. The predicted molar refractivity (Wildman–Crippen MR) is 60.1 cm³/mol. The first kappa shape index (κ1) is 10.4. The van der Waals surface area contributed by atoms with Crippen molar-refractivity contribution in [2.24, 2.45) is 0 Å². The summed E-state index contributed by atoms with van der Waals surface area (Å²) in [4.78, 5) is 22.2. The van der Waals surface area contributed by atoms with Crippen molar-refractivity contribution < 1.29 is 14.7 Å². The van der Waals surface area contributed by atoms with Crippen molar-refractivity contribution in [3.8, 4) is 0 Å². The number of aromatic carboxylic acids is 1. The molecule has 0 aromatic heterocycles. The summed E-state index contributed by atoms with van der Waals surface area (Å²) >= 11 is 0. The Hall–Kier alpha value is -2.16. The topological polar surface area (TPSA) is 54.4 Å². The van der Waals surface area contributed by atoms with E-state index in [-0.39, 0.29) is 11.3 Å². The zero-order chi connectivity index (χ0) is 11.5. The van der Waals surface area contributed by atoms with E-state index in [0.717, 1.165) is 5.56 Å². The van der Waals surface area contributed by atoms with E-state index in [0.29, 0.717) is 12.0 Å². The van der Waals surface area contributed by atoms with Crippen LogP contribution in [-0.2, 0) is 4.79 Å². The normalized spacial score (nSPS) is 14.8. The number of carboxylic acids is 1. The van der Waals surface area contributed by atoms with Crippen LogP contribution in [0.1, 0.15) is 22.3 Å². The smallest absolute Gasteiger partial charge is 0.335 e. The Morgan fingerprint density at radius 1 is 1.19 bits per heavy atom. The quantitative estimate of drug-likeness (QED) is 0.821. The molecule has 3 nitrogen and oxygen atoms in total. The van der Waals surface area contributed by atoms with Crippen LogP contribution in [0.3, 0.4) is 0 Å². The lowest BCUT2D eigenvalue weighted by atomic mass is 9.95. The number of hydrogen-bond acceptors (Lipinski definition) is 2. The molecule has 0 bridgehead atoms. The summed E-state index contributed by atoms with van der Waals surface area (Å²) in [6.45, 7) is 0. The molecule has 0 radical (unpaired) electrons. The standard InChI is InChI=1S/C13H10O3/c14-12-4-2-1-3-11(12)9-5-7-10(8-6-9)13(15)16/h1-3,5-8H,4H2,(H,15,16). The minimum absolute atomic E-state index is 0.0607. The lowest BCUT2D eigenvalue weighted by Crippen LogP contribution is -2.03. The van der Waals surface area contributed by atoms with Crippen LogP contribution in [0.2, 0.25) is 0 Å². The number of rotatable bonds is 2. The molecule has 3 heteroatoms. The molecular formula is C13H10O3. The molecule has 1 N–H and O–H groups in total. The lowest BCUT2D eigenvalue weighted by molar-refractivity contribution is -0.113. The first-order valence-corrected chi connectivity index (χ1v) is 4.92. The van der Waals surface area contributed by atoms with E-state index in [1.165, 1.54) is 12.1 Å². The number of allylic oxidation sites excluding steroid dienone is 4. The zero-order valence-corrected chi connectivity index (χ0v) is 8.51. The maximum atomic E-state index is 11.6. The fraction of sp³-hybridized carbons (Fsp3) is 0.0769. The van der Waals surface area contributed by atoms with Crippen LogP contribution in [0.15, 0.2) is 42.5 Å². The summed E-state index contributed by atoms with van der Waals surface area (Å²) < 4.78 is 0. The number of benzene rings is 1. The average Bonchev–Trinajstić information content (AvgIpc) is 2.30. The van der Waals surface area contributed by atoms with Crippen molar-refractivity contribution in [3.63, 3.8) is 0 Å². The van der Waals surface area contributed by atoms with Crippen molar-refractivity contribution in [1.82, 2.24) is 0 Å². The van der Waals surface area contributed by atoms with Gasteiger partial charge in [0.25, 0.3) is 0 Å². The minimum Gasteiger partial charge on any atom is -0.478 e. The van der Waals surface area contributed by atoms with E-state index in [4.69, 9.17) is 5.11 Å². The van der Waals surface area contributed by atoms with Gasteiger partial charge in [-0.05, 0) is 17.7 Å². The summed E-state index contributed by atoms with van der Waals surface area (Å²) in [6.07, 6.45) is 5.80. The number of carbonyl (C=O) groups excluding carboxylic acids is 1. The minimum atomic E-state index is -0.963. The molecule has 0 saturated carbocycles. The molecule has 1 aliphatic rings. The van der Waals surface area contributed by atoms with Crippen molar-refractivity contribution in [1.29, 1.82) is 0 Å². The number of carboxylic acid groups (broad SMARTS) is 1. The van der Waals surface area contributed by atoms with Gasteiger partial charge < -0.3 is 5.11 Å². The van der Waals surface area contributed by atoms with Gasteiger partial charge in [0.15, 0.2) is 5.78 Å². The van der Waals surface area contributed by atoms with Gasteiger partial charge in [0.05, 0.1) is 5.56 Å². The SMILES string of the molecule is O=C1CC=CC=C1c1ccc(C(=O)O)cc1. The molecule has 0 spiro atoms. The van der Waals surface area contributed by atoms with E-state index in [9.17, 15) is 9.59 Å². The van der Waals surface area contributed by atoms with Crippen LogP contribution >= 0.6 is 0 Å². The summed E-state index contributed by atoms with van der Waals surface area (Å²) in [5, 5.41) is 8.75. The Labute approximate surface area is 92.7 Å². The van der Waals surface area contributed by atoms with Gasteiger partial charge in [0.2, 0.25) is 0 Å². The first-order chi connectivity index (χ1) is 7.68. The van der Waals surface area contributed by atoms with Gasteiger partial charge in [-0.25, -0.2) is 4.79 Å². The predicted octanol–water partition coefficient (Wildman–Crippen LogP) is 2.30. The van der Waals surface area contributed by atoms with Gasteiger partial charge in [-0.1, -0.05) is 30.4 Å². The number of carbonyl (C=O) groups is 2. The van der Waals surface area contributed by atoms with Gasteiger partial charge in [0, 0.05) is 12.0 Å². The highest BCUT2D eigenvalue weighted by Crippen LogP contribution is 2.20. The molecule has 0 aliphatic heterocycles. The van der Waals surface area contributed by atoms with Crippen LogP contribution in [0.5, 0.6) is 0 Å². The molecule has 16 heavy (non-hydrogen) atoms. The second-order valence-electron chi connectivity index (χ2n) is 3.52. The third-order valence-corrected chi connectivity index (χ3v) is 2.45. The summed E-state index contributed by atoms with van der Waals surface area (Å²) in [7, 11) is 0. The number of ketones is 1. The highest BCUT2D eigenvalue weighted by Gasteiger charge is 2.12. The average molecular weight is 214 g/mol. The molecule has 80 valence electrons. The molecule has 1 aliphatic carbocycles. The van der Waals surface area contributed by atoms with E-state index in [2.05, 4.69) is 0 Å². The fourth-order valence-electron chi connectivity index (χ4n) is 1.59. The van der Waals surface area contributed by atoms with Crippen molar-refractivity contribution >= 4 is 17.3 Å². The Morgan fingerprint density at radius 2 is 1.88 bits per heavy atom. The highest BCUT2D eigenvalue weighted by molar-refractivity contribution is 6.22. The molecule has 2 rings (SSSR count). The van der Waals surface area contributed by atoms with E-state index < -0.39 is 5.97 Å². The molecule has 0 unspecified atom stereocenters. The molecule has 0 heterocycles. The second kappa shape index (κ2) is 4.14. The van der Waals surface area contributed by atoms with Gasteiger partial charge >= 0.3 is 5.97 Å². The largest absolute Gasteiger partial charge is 0.478 e. The van der Waals surface area contributed by atoms with Gasteiger partial charge in [-0.2, -0.15) is 0 Å². The van der Waals surface area contributed by atoms with E-state index in [1.54, 1.807) is 24.3 Å². The molecule has 1 aromatic carbocycles. The summed E-state index contributed by atoms with van der Waals surface area (Å²) in [5.74, 6) is -0.902. The maximum absolute atomic E-state index is 11.6. The van der Waals surface area contributed by atoms with Crippen LogP contribution in [-0.4, -0.2) is 16.9 Å². The van der Waals surface area contributed by atoms with Crippen molar-refractivity contribution in [2.75, 3.05) is 0 Å². The van der Waals surface area contributed by atoms with E-state index in [1.807, 2.05) is 6.08 Å². The molecule has 0 amide bonds. The van der Waals surface area contributed by atoms with Crippen LogP contribution in [0.4, 0.5) is 0 Å². The third-order valence-electron chi connectivity index (χ3n) is 2.45. The van der Waals surface area contributed by atoms with Gasteiger partial charge in [-0.15, -0.1) is 0 Å². The monoisotopic (exact) mass is 214 g/mol. The lowest BCUT2D eigenvalue weighted by Gasteiger charge is -2.08.